The Bertz CT molecular complexity index is 331. The number of nitrogens with zero attached hydrogens (tertiary/aromatic N) is 1. The number of hydrogen-bond acceptors (Lipinski definition) is 3. The molecule has 0 saturated heterocycles. The van der Waals surface area contributed by atoms with E-state index in [1.807, 2.05) is 0 Å². The van der Waals surface area contributed by atoms with Crippen molar-refractivity contribution in [3.63, 3.8) is 0 Å². The standard InChI is InChI=1S/C11H16BrNOS/c1-2-8-3-5-11(14,6-4-8)9-10(12)13-7-15-9/h7-8,14H,2-6H2,1H3. The molecule has 2 nitrogen and oxygen atoms in total. The van der Waals surface area contributed by atoms with E-state index < -0.39 is 5.60 Å². The van der Waals surface area contributed by atoms with Gasteiger partial charge in [-0.25, -0.2) is 4.98 Å². The molecule has 15 heavy (non-hydrogen) atoms. The molecule has 1 aliphatic rings. The lowest BCUT2D eigenvalue weighted by molar-refractivity contribution is -0.0121. The van der Waals surface area contributed by atoms with Crippen molar-refractivity contribution in [3.05, 3.63) is 15.0 Å². The molecule has 1 saturated carbocycles. The Kier molecular flexibility index (Phi) is 3.48. The van der Waals surface area contributed by atoms with Crippen molar-refractivity contribution >= 4 is 27.3 Å². The molecular formula is C11H16BrNOS. The van der Waals surface area contributed by atoms with E-state index in [0.29, 0.717) is 0 Å². The molecule has 0 bridgehead atoms. The summed E-state index contributed by atoms with van der Waals surface area (Å²) in [6, 6.07) is 0. The summed E-state index contributed by atoms with van der Waals surface area (Å²) >= 11 is 4.96. The zero-order chi connectivity index (χ0) is 10.9. The number of thiazole rings is 1. The van der Waals surface area contributed by atoms with Gasteiger partial charge in [0.05, 0.1) is 10.4 Å². The van der Waals surface area contributed by atoms with Crippen LogP contribution in [0.3, 0.4) is 0 Å². The summed E-state index contributed by atoms with van der Waals surface area (Å²) in [6.45, 7) is 2.23. The van der Waals surface area contributed by atoms with Crippen molar-refractivity contribution in [2.75, 3.05) is 0 Å². The van der Waals surface area contributed by atoms with Gasteiger partial charge in [-0.1, -0.05) is 13.3 Å². The van der Waals surface area contributed by atoms with Crippen molar-refractivity contribution in [2.24, 2.45) is 5.92 Å². The van der Waals surface area contributed by atoms with Gasteiger partial charge >= 0.3 is 0 Å². The predicted octanol–water partition coefficient (Wildman–Crippen LogP) is 3.69. The topological polar surface area (TPSA) is 33.1 Å². The highest BCUT2D eigenvalue weighted by molar-refractivity contribution is 9.10. The maximum Gasteiger partial charge on any atom is 0.123 e. The van der Waals surface area contributed by atoms with Gasteiger partial charge < -0.3 is 5.11 Å². The van der Waals surface area contributed by atoms with Crippen molar-refractivity contribution in [1.29, 1.82) is 0 Å². The molecule has 0 radical (unpaired) electrons. The molecule has 1 heterocycles. The van der Waals surface area contributed by atoms with Crippen LogP contribution in [-0.2, 0) is 5.60 Å². The van der Waals surface area contributed by atoms with Crippen LogP contribution in [0.1, 0.15) is 43.9 Å². The minimum atomic E-state index is -0.619. The molecule has 84 valence electrons. The van der Waals surface area contributed by atoms with Gasteiger partial charge in [0, 0.05) is 0 Å². The number of rotatable bonds is 2. The first kappa shape index (κ1) is 11.6. The fraction of sp³-hybridized carbons (Fsp3) is 0.727. The smallest absolute Gasteiger partial charge is 0.123 e. The van der Waals surface area contributed by atoms with Crippen LogP contribution in [0.2, 0.25) is 0 Å². The second-order valence-corrected chi connectivity index (χ2v) is 5.96. The monoisotopic (exact) mass is 289 g/mol. The predicted molar refractivity (Wildman–Crippen MR) is 66.0 cm³/mol. The van der Waals surface area contributed by atoms with Crippen LogP contribution in [0.4, 0.5) is 0 Å². The molecule has 0 spiro atoms. The normalized spacial score (nSPS) is 31.8. The van der Waals surface area contributed by atoms with E-state index in [-0.39, 0.29) is 0 Å². The van der Waals surface area contributed by atoms with Gasteiger partial charge in [0.25, 0.3) is 0 Å². The summed E-state index contributed by atoms with van der Waals surface area (Å²) in [5.74, 6) is 0.803. The van der Waals surface area contributed by atoms with Gasteiger partial charge in [-0.15, -0.1) is 11.3 Å². The van der Waals surface area contributed by atoms with Crippen LogP contribution >= 0.6 is 27.3 Å². The maximum absolute atomic E-state index is 10.6. The van der Waals surface area contributed by atoms with Crippen LogP contribution in [0, 0.1) is 5.92 Å². The van der Waals surface area contributed by atoms with Crippen LogP contribution in [0.25, 0.3) is 0 Å². The Morgan fingerprint density at radius 2 is 2.27 bits per heavy atom. The number of aromatic nitrogens is 1. The highest BCUT2D eigenvalue weighted by Crippen LogP contribution is 2.44. The number of hydrogen-bond donors (Lipinski definition) is 1. The second-order valence-electron chi connectivity index (χ2n) is 4.36. The van der Waals surface area contributed by atoms with Crippen LogP contribution < -0.4 is 0 Å². The SMILES string of the molecule is CCC1CCC(O)(c2scnc2Br)CC1. The first-order valence-electron chi connectivity index (χ1n) is 5.47. The first-order valence-corrected chi connectivity index (χ1v) is 7.15. The average Bonchev–Trinajstić information content (AvgIpc) is 2.66. The lowest BCUT2D eigenvalue weighted by Crippen LogP contribution is -2.30. The Morgan fingerprint density at radius 1 is 1.60 bits per heavy atom. The van der Waals surface area contributed by atoms with Crippen molar-refractivity contribution in [2.45, 2.75) is 44.6 Å². The molecule has 0 unspecified atom stereocenters. The molecule has 1 N–H and O–H groups in total. The van der Waals surface area contributed by atoms with Gasteiger partial charge in [-0.05, 0) is 47.5 Å². The fourth-order valence-electron chi connectivity index (χ4n) is 2.32. The largest absolute Gasteiger partial charge is 0.384 e. The zero-order valence-corrected chi connectivity index (χ0v) is 11.3. The third-order valence-corrected chi connectivity index (χ3v) is 5.34. The quantitative estimate of drug-likeness (QED) is 0.901. The van der Waals surface area contributed by atoms with Gasteiger partial charge in [0.1, 0.15) is 10.2 Å². The minimum Gasteiger partial charge on any atom is -0.384 e. The van der Waals surface area contributed by atoms with Crippen LogP contribution in [0.15, 0.2) is 10.1 Å². The Hall–Kier alpha value is 0.0700. The van der Waals surface area contributed by atoms with E-state index in [1.165, 1.54) is 6.42 Å². The molecule has 1 aromatic rings. The van der Waals surface area contributed by atoms with E-state index >= 15 is 0 Å². The summed E-state index contributed by atoms with van der Waals surface area (Å²) in [5, 5.41) is 10.6. The van der Waals surface area contributed by atoms with E-state index in [9.17, 15) is 5.11 Å². The first-order chi connectivity index (χ1) is 7.15. The highest BCUT2D eigenvalue weighted by atomic mass is 79.9. The number of aliphatic hydroxyl groups is 1. The molecule has 4 heteroatoms. The van der Waals surface area contributed by atoms with Crippen molar-refractivity contribution in [3.8, 4) is 0 Å². The van der Waals surface area contributed by atoms with Crippen molar-refractivity contribution in [1.82, 2.24) is 4.98 Å². The molecular weight excluding hydrogens is 274 g/mol. The Morgan fingerprint density at radius 3 is 2.73 bits per heavy atom. The summed E-state index contributed by atoms with van der Waals surface area (Å²) in [5.41, 5.74) is 1.18. The van der Waals surface area contributed by atoms with Gasteiger partial charge in [0.15, 0.2) is 0 Å². The third-order valence-electron chi connectivity index (χ3n) is 3.46. The summed E-state index contributed by atoms with van der Waals surface area (Å²) in [6.07, 6.45) is 5.27. The Balaban J connectivity index is 2.13. The Labute approximate surface area is 103 Å². The van der Waals surface area contributed by atoms with Crippen LogP contribution in [0.5, 0.6) is 0 Å². The van der Waals surface area contributed by atoms with Crippen molar-refractivity contribution < 1.29 is 5.11 Å². The minimum absolute atomic E-state index is 0.619. The highest BCUT2D eigenvalue weighted by Gasteiger charge is 2.37. The molecule has 1 fully saturated rings. The van der Waals surface area contributed by atoms with Gasteiger partial charge in [-0.2, -0.15) is 0 Å². The molecule has 0 aromatic carbocycles. The fourth-order valence-corrected chi connectivity index (χ4v) is 4.05. The molecule has 0 aliphatic heterocycles. The molecule has 2 rings (SSSR count). The summed E-state index contributed by atoms with van der Waals surface area (Å²) < 4.78 is 0.824. The van der Waals surface area contributed by atoms with Crippen LogP contribution in [-0.4, -0.2) is 10.1 Å². The molecule has 1 aromatic heterocycles. The molecule has 1 aliphatic carbocycles. The van der Waals surface area contributed by atoms with E-state index in [2.05, 4.69) is 27.8 Å². The lowest BCUT2D eigenvalue weighted by Gasteiger charge is -2.35. The summed E-state index contributed by atoms with van der Waals surface area (Å²) in [4.78, 5) is 5.16. The average molecular weight is 290 g/mol. The maximum atomic E-state index is 10.6. The van der Waals surface area contributed by atoms with E-state index in [0.717, 1.165) is 41.1 Å². The molecule has 0 amide bonds. The number of halogens is 1. The zero-order valence-electron chi connectivity index (χ0n) is 8.87. The lowest BCUT2D eigenvalue weighted by atomic mass is 9.77. The van der Waals surface area contributed by atoms with E-state index in [1.54, 1.807) is 16.8 Å². The third kappa shape index (κ3) is 2.27. The van der Waals surface area contributed by atoms with Gasteiger partial charge in [-0.3, -0.25) is 0 Å². The van der Waals surface area contributed by atoms with E-state index in [4.69, 9.17) is 0 Å². The van der Waals surface area contributed by atoms with Gasteiger partial charge in [0.2, 0.25) is 0 Å². The second kappa shape index (κ2) is 4.52. The molecule has 0 atom stereocenters. The summed E-state index contributed by atoms with van der Waals surface area (Å²) in [7, 11) is 0.